The Morgan fingerprint density at radius 2 is 1.82 bits per heavy atom. The Morgan fingerprint density at radius 1 is 1.07 bits per heavy atom. The first-order valence-corrected chi connectivity index (χ1v) is 9.10. The molecule has 3 aromatic rings. The van der Waals surface area contributed by atoms with Gasteiger partial charge in [-0.3, -0.25) is 4.79 Å². The predicted octanol–water partition coefficient (Wildman–Crippen LogP) is 3.97. The van der Waals surface area contributed by atoms with Gasteiger partial charge < -0.3 is 18.6 Å². The average molecular weight is 382 g/mol. The van der Waals surface area contributed by atoms with E-state index in [4.69, 9.17) is 18.6 Å². The van der Waals surface area contributed by atoms with Crippen LogP contribution in [0.1, 0.15) is 19.4 Å². The molecule has 0 unspecified atom stereocenters. The molecule has 0 fully saturated rings. The first kappa shape index (κ1) is 19.5. The molecule has 0 amide bonds. The highest BCUT2D eigenvalue weighted by molar-refractivity contribution is 5.83. The van der Waals surface area contributed by atoms with E-state index in [9.17, 15) is 9.59 Å². The smallest absolute Gasteiger partial charge is 0.344 e. The second-order valence-electron chi connectivity index (χ2n) is 6.10. The lowest BCUT2D eigenvalue weighted by molar-refractivity contribution is -0.145. The summed E-state index contributed by atoms with van der Waals surface area (Å²) in [6, 6.07) is 12.5. The molecule has 0 aliphatic rings. The van der Waals surface area contributed by atoms with E-state index >= 15 is 0 Å². The van der Waals surface area contributed by atoms with Gasteiger partial charge in [0.1, 0.15) is 11.3 Å². The number of hydrogen-bond acceptors (Lipinski definition) is 6. The molecule has 2 aromatic carbocycles. The Labute approximate surface area is 162 Å². The van der Waals surface area contributed by atoms with Gasteiger partial charge in [-0.1, -0.05) is 13.0 Å². The van der Waals surface area contributed by atoms with Gasteiger partial charge in [-0.25, -0.2) is 4.79 Å². The summed E-state index contributed by atoms with van der Waals surface area (Å²) in [5.41, 5.74) is 1.77. The molecule has 6 nitrogen and oxygen atoms in total. The molecule has 0 bridgehead atoms. The third-order valence-corrected chi connectivity index (χ3v) is 4.31. The third-order valence-electron chi connectivity index (χ3n) is 4.31. The summed E-state index contributed by atoms with van der Waals surface area (Å²) in [6.07, 6.45) is 0.786. The summed E-state index contributed by atoms with van der Waals surface area (Å²) in [5, 5.41) is 0.412. The van der Waals surface area contributed by atoms with E-state index in [0.717, 1.165) is 12.0 Å². The fraction of sp³-hybridized carbons (Fsp3) is 0.273. The molecule has 0 atom stereocenters. The summed E-state index contributed by atoms with van der Waals surface area (Å²) in [4.78, 5) is 24.8. The van der Waals surface area contributed by atoms with Crippen molar-refractivity contribution < 1.29 is 23.4 Å². The van der Waals surface area contributed by atoms with Crippen LogP contribution in [-0.2, 0) is 16.0 Å². The Morgan fingerprint density at radius 3 is 2.46 bits per heavy atom. The van der Waals surface area contributed by atoms with Gasteiger partial charge in [0.15, 0.2) is 12.4 Å². The Bertz CT molecular complexity index is 1030. The van der Waals surface area contributed by atoms with Gasteiger partial charge >= 0.3 is 5.97 Å². The molecule has 146 valence electrons. The Kier molecular flexibility index (Phi) is 5.99. The normalized spacial score (nSPS) is 10.7. The van der Waals surface area contributed by atoms with E-state index in [0.29, 0.717) is 22.3 Å². The number of esters is 1. The maximum Gasteiger partial charge on any atom is 0.344 e. The van der Waals surface area contributed by atoms with Gasteiger partial charge in [-0.2, -0.15) is 0 Å². The summed E-state index contributed by atoms with van der Waals surface area (Å²) in [6.45, 7) is 3.57. The van der Waals surface area contributed by atoms with Crippen molar-refractivity contribution in [2.45, 2.75) is 20.3 Å². The lowest BCUT2D eigenvalue weighted by atomic mass is 10.1. The summed E-state index contributed by atoms with van der Waals surface area (Å²) in [5.74, 6) is 0.367. The number of fused-ring (bicyclic) bond motifs is 1. The lowest BCUT2D eigenvalue weighted by Gasteiger charge is -2.12. The van der Waals surface area contributed by atoms with Crippen molar-refractivity contribution in [2.75, 3.05) is 20.3 Å². The Hall–Kier alpha value is -3.28. The molecule has 0 radical (unpaired) electrons. The van der Waals surface area contributed by atoms with Crippen molar-refractivity contribution in [3.05, 3.63) is 58.3 Å². The predicted molar refractivity (Wildman–Crippen MR) is 106 cm³/mol. The second-order valence-corrected chi connectivity index (χ2v) is 6.10. The van der Waals surface area contributed by atoms with E-state index in [1.165, 1.54) is 0 Å². The highest BCUT2D eigenvalue weighted by Gasteiger charge is 2.19. The average Bonchev–Trinajstić information content (AvgIpc) is 2.73. The van der Waals surface area contributed by atoms with Crippen LogP contribution in [-0.4, -0.2) is 26.3 Å². The zero-order valence-corrected chi connectivity index (χ0v) is 16.1. The van der Waals surface area contributed by atoms with E-state index < -0.39 is 5.97 Å². The molecule has 0 N–H and O–H groups in total. The van der Waals surface area contributed by atoms with E-state index in [2.05, 4.69) is 0 Å². The van der Waals surface area contributed by atoms with E-state index in [-0.39, 0.29) is 30.2 Å². The maximum atomic E-state index is 13.1. The zero-order valence-electron chi connectivity index (χ0n) is 16.1. The fourth-order valence-electron chi connectivity index (χ4n) is 2.84. The molecule has 3 rings (SSSR count). The molecule has 0 spiro atoms. The van der Waals surface area contributed by atoms with E-state index in [1.807, 2.05) is 13.0 Å². The minimum Gasteiger partial charge on any atom is -0.497 e. The molecule has 1 aromatic heterocycles. The van der Waals surface area contributed by atoms with Gasteiger partial charge in [-0.05, 0) is 55.3 Å². The SMILES string of the molecule is CCOC(=O)COc1c(-c2ccc(OC)cc2)oc2ccc(CC)cc2c1=O. The van der Waals surface area contributed by atoms with Crippen LogP contribution < -0.4 is 14.9 Å². The standard InChI is InChI=1S/C22H22O6/c1-4-14-6-11-18-17(12-14)20(24)22(27-13-19(23)26-5-2)21(28-18)15-7-9-16(25-3)10-8-15/h6-12H,4-5,13H2,1-3H3. The molecule has 1 heterocycles. The molecule has 0 aliphatic carbocycles. The van der Waals surface area contributed by atoms with Crippen molar-refractivity contribution in [2.24, 2.45) is 0 Å². The minimum absolute atomic E-state index is 0.0148. The molecular formula is C22H22O6. The minimum atomic E-state index is -0.551. The van der Waals surface area contributed by atoms with Crippen LogP contribution in [0, 0.1) is 0 Å². The monoisotopic (exact) mass is 382 g/mol. The molecule has 0 saturated carbocycles. The zero-order chi connectivity index (χ0) is 20.1. The van der Waals surface area contributed by atoms with Crippen molar-refractivity contribution in [3.8, 4) is 22.8 Å². The van der Waals surface area contributed by atoms with Crippen LogP contribution in [0.15, 0.2) is 51.7 Å². The number of ether oxygens (including phenoxy) is 3. The summed E-state index contributed by atoms with van der Waals surface area (Å²) < 4.78 is 21.6. The van der Waals surface area contributed by atoms with Gasteiger partial charge in [0.2, 0.25) is 11.2 Å². The number of rotatable bonds is 7. The number of carbonyl (C=O) groups excluding carboxylic acids is 1. The topological polar surface area (TPSA) is 75.0 Å². The van der Waals surface area contributed by atoms with Gasteiger partial charge in [0.25, 0.3) is 0 Å². The summed E-state index contributed by atoms with van der Waals surface area (Å²) >= 11 is 0. The number of methoxy groups -OCH3 is 1. The molecule has 6 heteroatoms. The van der Waals surface area contributed by atoms with Crippen LogP contribution in [0.25, 0.3) is 22.3 Å². The number of carbonyl (C=O) groups is 1. The second kappa shape index (κ2) is 8.61. The van der Waals surface area contributed by atoms with Crippen molar-refractivity contribution in [1.82, 2.24) is 0 Å². The van der Waals surface area contributed by atoms with Crippen LogP contribution in [0.3, 0.4) is 0 Å². The molecule has 0 aliphatic heterocycles. The largest absolute Gasteiger partial charge is 0.497 e. The van der Waals surface area contributed by atoms with Crippen LogP contribution in [0.2, 0.25) is 0 Å². The van der Waals surface area contributed by atoms with Gasteiger partial charge in [-0.15, -0.1) is 0 Å². The number of benzene rings is 2. The van der Waals surface area contributed by atoms with E-state index in [1.54, 1.807) is 50.4 Å². The lowest BCUT2D eigenvalue weighted by Crippen LogP contribution is -2.18. The van der Waals surface area contributed by atoms with Gasteiger partial charge in [0, 0.05) is 5.56 Å². The summed E-state index contributed by atoms with van der Waals surface area (Å²) in [7, 11) is 1.57. The maximum absolute atomic E-state index is 13.1. The van der Waals surface area contributed by atoms with Gasteiger partial charge in [0.05, 0.1) is 19.1 Å². The third kappa shape index (κ3) is 4.01. The van der Waals surface area contributed by atoms with Crippen LogP contribution in [0.4, 0.5) is 0 Å². The first-order valence-electron chi connectivity index (χ1n) is 9.10. The quantitative estimate of drug-likeness (QED) is 0.576. The van der Waals surface area contributed by atoms with Crippen molar-refractivity contribution in [3.63, 3.8) is 0 Å². The number of aryl methyl sites for hydroxylation is 1. The molecule has 28 heavy (non-hydrogen) atoms. The number of hydrogen-bond donors (Lipinski definition) is 0. The molecule has 0 saturated heterocycles. The fourth-order valence-corrected chi connectivity index (χ4v) is 2.84. The molecular weight excluding hydrogens is 360 g/mol. The Balaban J connectivity index is 2.14. The van der Waals surface area contributed by atoms with Crippen LogP contribution >= 0.6 is 0 Å². The van der Waals surface area contributed by atoms with Crippen LogP contribution in [0.5, 0.6) is 11.5 Å². The highest BCUT2D eigenvalue weighted by Crippen LogP contribution is 2.32. The highest BCUT2D eigenvalue weighted by atomic mass is 16.6. The first-order chi connectivity index (χ1) is 13.6. The van der Waals surface area contributed by atoms with Crippen molar-refractivity contribution >= 4 is 16.9 Å². The van der Waals surface area contributed by atoms with Crippen molar-refractivity contribution in [1.29, 1.82) is 0 Å².